The lowest BCUT2D eigenvalue weighted by Gasteiger charge is -2.06. The minimum Gasteiger partial charge on any atom is -0.352 e. The summed E-state index contributed by atoms with van der Waals surface area (Å²) in [7, 11) is 0. The van der Waals surface area contributed by atoms with Crippen LogP contribution < -0.4 is 10.9 Å². The number of aromatic nitrogens is 2. The van der Waals surface area contributed by atoms with Gasteiger partial charge in [0.25, 0.3) is 11.5 Å². The molecule has 1 amide bonds. The van der Waals surface area contributed by atoms with Crippen LogP contribution >= 0.6 is 27.3 Å². The third-order valence-electron chi connectivity index (χ3n) is 3.36. The van der Waals surface area contributed by atoms with E-state index in [1.807, 2.05) is 17.5 Å². The highest BCUT2D eigenvalue weighted by Crippen LogP contribution is 2.13. The molecule has 1 aromatic carbocycles. The number of amides is 1. The van der Waals surface area contributed by atoms with Crippen LogP contribution in [-0.2, 0) is 6.42 Å². The monoisotopic (exact) mass is 391 g/mol. The van der Waals surface area contributed by atoms with Gasteiger partial charge in [-0.05, 0) is 25.1 Å². The number of rotatable bonds is 4. The van der Waals surface area contributed by atoms with Gasteiger partial charge in [-0.25, -0.2) is 4.98 Å². The van der Waals surface area contributed by atoms with Crippen LogP contribution in [0.15, 0.2) is 45.0 Å². The van der Waals surface area contributed by atoms with E-state index in [4.69, 9.17) is 0 Å². The molecular weight excluding hydrogens is 378 g/mol. The van der Waals surface area contributed by atoms with E-state index in [1.165, 1.54) is 17.4 Å². The van der Waals surface area contributed by atoms with Crippen LogP contribution in [0, 0.1) is 6.92 Å². The normalized spacial score (nSPS) is 10.9. The Balaban J connectivity index is 1.70. The molecule has 0 saturated heterocycles. The number of carbonyl (C=O) groups is 1. The second-order valence-electron chi connectivity index (χ2n) is 5.10. The summed E-state index contributed by atoms with van der Waals surface area (Å²) in [6.45, 7) is 2.26. The molecule has 0 fully saturated rings. The molecule has 0 unspecified atom stereocenters. The molecular formula is C16H14BrN3O2S. The topological polar surface area (TPSA) is 63.5 Å². The number of fused-ring (bicyclic) bond motifs is 1. The van der Waals surface area contributed by atoms with Crippen LogP contribution in [0.3, 0.4) is 0 Å². The zero-order valence-electron chi connectivity index (χ0n) is 12.4. The van der Waals surface area contributed by atoms with Crippen molar-refractivity contribution < 1.29 is 4.79 Å². The van der Waals surface area contributed by atoms with Gasteiger partial charge >= 0.3 is 0 Å². The number of halogens is 1. The third kappa shape index (κ3) is 3.51. The van der Waals surface area contributed by atoms with E-state index >= 15 is 0 Å². The van der Waals surface area contributed by atoms with Crippen molar-refractivity contribution in [2.24, 2.45) is 0 Å². The van der Waals surface area contributed by atoms with Gasteiger partial charge in [-0.15, -0.1) is 11.3 Å². The first-order valence-corrected chi connectivity index (χ1v) is 8.72. The van der Waals surface area contributed by atoms with E-state index < -0.39 is 0 Å². The first-order valence-electron chi connectivity index (χ1n) is 7.05. The summed E-state index contributed by atoms with van der Waals surface area (Å²) in [5.74, 6) is -0.132. The smallest absolute Gasteiger partial charge is 0.258 e. The number of carbonyl (C=O) groups excluding carboxylic acids is 1. The fourth-order valence-electron chi connectivity index (χ4n) is 2.29. The first kappa shape index (κ1) is 15.9. The van der Waals surface area contributed by atoms with Crippen LogP contribution in [0.2, 0.25) is 0 Å². The fraction of sp³-hybridized carbons (Fsp3) is 0.188. The number of hydrogen-bond donors (Lipinski definition) is 1. The average molecular weight is 392 g/mol. The van der Waals surface area contributed by atoms with Crippen molar-refractivity contribution in [2.45, 2.75) is 13.3 Å². The highest BCUT2D eigenvalue weighted by Gasteiger charge is 2.09. The molecule has 2 aromatic heterocycles. The molecule has 0 aliphatic rings. The molecule has 1 N–H and O–H groups in total. The summed E-state index contributed by atoms with van der Waals surface area (Å²) in [5.41, 5.74) is 2.09. The quantitative estimate of drug-likeness (QED) is 0.743. The largest absolute Gasteiger partial charge is 0.352 e. The number of aryl methyl sites for hydroxylation is 1. The molecule has 0 atom stereocenters. The summed E-state index contributed by atoms with van der Waals surface area (Å²) < 4.78 is 2.46. The highest BCUT2D eigenvalue weighted by atomic mass is 79.9. The van der Waals surface area contributed by atoms with Crippen molar-refractivity contribution in [3.8, 4) is 0 Å². The maximum Gasteiger partial charge on any atom is 0.258 e. The summed E-state index contributed by atoms with van der Waals surface area (Å²) >= 11 is 4.78. The van der Waals surface area contributed by atoms with Crippen molar-refractivity contribution in [1.29, 1.82) is 0 Å². The molecule has 23 heavy (non-hydrogen) atoms. The molecule has 3 rings (SSSR count). The van der Waals surface area contributed by atoms with Crippen molar-refractivity contribution in [2.75, 3.05) is 6.54 Å². The Morgan fingerprint density at radius 2 is 2.22 bits per heavy atom. The van der Waals surface area contributed by atoms with E-state index in [0.717, 1.165) is 10.2 Å². The summed E-state index contributed by atoms with van der Waals surface area (Å²) in [6.07, 6.45) is 0.574. The van der Waals surface area contributed by atoms with Crippen LogP contribution in [0.5, 0.6) is 0 Å². The van der Waals surface area contributed by atoms with Gasteiger partial charge in [-0.1, -0.05) is 22.0 Å². The Morgan fingerprint density at radius 1 is 1.39 bits per heavy atom. The zero-order valence-corrected chi connectivity index (χ0v) is 14.8. The van der Waals surface area contributed by atoms with Crippen molar-refractivity contribution >= 4 is 38.1 Å². The van der Waals surface area contributed by atoms with Crippen molar-refractivity contribution in [3.05, 3.63) is 67.5 Å². The Labute approximate surface area is 145 Å². The molecule has 0 spiro atoms. The van der Waals surface area contributed by atoms with Crippen LogP contribution in [0.4, 0.5) is 0 Å². The van der Waals surface area contributed by atoms with Crippen molar-refractivity contribution in [3.63, 3.8) is 0 Å². The van der Waals surface area contributed by atoms with E-state index in [2.05, 4.69) is 26.2 Å². The lowest BCUT2D eigenvalue weighted by molar-refractivity contribution is 0.0954. The van der Waals surface area contributed by atoms with Gasteiger partial charge in [0, 0.05) is 45.8 Å². The predicted octanol–water partition coefficient (Wildman–Crippen LogP) is 2.80. The van der Waals surface area contributed by atoms with Gasteiger partial charge in [0.15, 0.2) is 4.96 Å². The molecule has 0 aliphatic carbocycles. The van der Waals surface area contributed by atoms with Crippen molar-refractivity contribution in [1.82, 2.24) is 14.7 Å². The molecule has 0 saturated carbocycles. The predicted molar refractivity (Wildman–Crippen MR) is 94.3 cm³/mol. The number of nitrogens with one attached hydrogen (secondary N) is 1. The molecule has 7 heteroatoms. The van der Waals surface area contributed by atoms with Gasteiger partial charge in [-0.3, -0.25) is 14.0 Å². The number of hydrogen-bond acceptors (Lipinski definition) is 4. The minimum atomic E-state index is -0.132. The Hall–Kier alpha value is -1.99. The van der Waals surface area contributed by atoms with Gasteiger partial charge in [0.05, 0.1) is 0 Å². The minimum absolute atomic E-state index is 0.0814. The Bertz CT molecular complexity index is 932. The van der Waals surface area contributed by atoms with E-state index in [9.17, 15) is 9.59 Å². The Morgan fingerprint density at radius 3 is 3.00 bits per heavy atom. The lowest BCUT2D eigenvalue weighted by Crippen LogP contribution is -2.26. The number of thiazole rings is 1. The van der Waals surface area contributed by atoms with Crippen LogP contribution in [-0.4, -0.2) is 21.8 Å². The van der Waals surface area contributed by atoms with Gasteiger partial charge in [-0.2, -0.15) is 0 Å². The lowest BCUT2D eigenvalue weighted by atomic mass is 10.2. The first-order chi connectivity index (χ1) is 11.0. The average Bonchev–Trinajstić information content (AvgIpc) is 2.90. The maximum atomic E-state index is 12.1. The van der Waals surface area contributed by atoms with E-state index in [0.29, 0.717) is 29.2 Å². The molecule has 0 bridgehead atoms. The second kappa shape index (κ2) is 6.64. The van der Waals surface area contributed by atoms with Crippen LogP contribution in [0.1, 0.15) is 21.7 Å². The second-order valence-corrected chi connectivity index (χ2v) is 6.85. The Kier molecular flexibility index (Phi) is 4.58. The highest BCUT2D eigenvalue weighted by molar-refractivity contribution is 9.10. The van der Waals surface area contributed by atoms with Gasteiger partial charge in [0.2, 0.25) is 0 Å². The molecule has 2 heterocycles. The van der Waals surface area contributed by atoms with E-state index in [1.54, 1.807) is 23.5 Å². The van der Waals surface area contributed by atoms with Crippen LogP contribution in [0.25, 0.3) is 4.96 Å². The van der Waals surface area contributed by atoms with Gasteiger partial charge in [0.1, 0.15) is 0 Å². The summed E-state index contributed by atoms with van der Waals surface area (Å²) in [5, 5.41) is 4.78. The SMILES string of the molecule is Cc1cc(=O)n2c(CCNC(=O)c3cccc(Br)c3)csc2n1. The third-order valence-corrected chi connectivity index (χ3v) is 4.72. The molecule has 3 aromatic rings. The van der Waals surface area contributed by atoms with Gasteiger partial charge < -0.3 is 5.32 Å². The fourth-order valence-corrected chi connectivity index (χ4v) is 3.67. The summed E-state index contributed by atoms with van der Waals surface area (Å²) in [4.78, 5) is 29.2. The molecule has 118 valence electrons. The summed E-state index contributed by atoms with van der Waals surface area (Å²) in [6, 6.07) is 8.74. The standard InChI is InChI=1S/C16H14BrN3O2S/c1-10-7-14(21)20-13(9-23-16(20)19-10)5-6-18-15(22)11-3-2-4-12(17)8-11/h2-4,7-9H,5-6H2,1H3,(H,18,22). The number of benzene rings is 1. The molecule has 0 radical (unpaired) electrons. The molecule has 0 aliphatic heterocycles. The molecule has 5 nitrogen and oxygen atoms in total. The van der Waals surface area contributed by atoms with E-state index in [-0.39, 0.29) is 11.5 Å². The number of nitrogens with zero attached hydrogens (tertiary/aromatic N) is 2. The maximum absolute atomic E-state index is 12.1. The zero-order chi connectivity index (χ0) is 16.4.